The molecule has 2 heterocycles. The maximum absolute atomic E-state index is 13.2. The minimum Gasteiger partial charge on any atom is -0.360 e. The Morgan fingerprint density at radius 3 is 2.61 bits per heavy atom. The van der Waals surface area contributed by atoms with Crippen molar-refractivity contribution in [2.75, 3.05) is 32.7 Å². The Morgan fingerprint density at radius 1 is 1.30 bits per heavy atom. The predicted octanol–water partition coefficient (Wildman–Crippen LogP) is 3.54. The minimum atomic E-state index is -3.78. The molecule has 0 spiro atoms. The van der Waals surface area contributed by atoms with E-state index in [1.54, 1.807) is 13.8 Å². The van der Waals surface area contributed by atoms with E-state index in [0.29, 0.717) is 36.6 Å². The van der Waals surface area contributed by atoms with Crippen LogP contribution >= 0.6 is 11.6 Å². The molecule has 0 aliphatic carbocycles. The van der Waals surface area contributed by atoms with Crippen LogP contribution in [0.2, 0.25) is 5.02 Å². The van der Waals surface area contributed by atoms with Crippen molar-refractivity contribution in [3.8, 4) is 0 Å². The lowest BCUT2D eigenvalue weighted by molar-refractivity contribution is -0.126. The molecule has 2 aromatic rings. The smallest absolute Gasteiger partial charge is 0.248 e. The first-order valence-electron chi connectivity index (χ1n) is 11.4. The molecule has 182 valence electrons. The van der Waals surface area contributed by atoms with Gasteiger partial charge in [-0.25, -0.2) is 8.42 Å². The second-order valence-electron chi connectivity index (χ2n) is 8.36. The van der Waals surface area contributed by atoms with Crippen molar-refractivity contribution >= 4 is 27.5 Å². The van der Waals surface area contributed by atoms with Gasteiger partial charge in [-0.3, -0.25) is 9.69 Å². The molecule has 33 heavy (non-hydrogen) atoms. The Labute approximate surface area is 201 Å². The number of hydrogen-bond donors (Lipinski definition) is 1. The third-order valence-corrected chi connectivity index (χ3v) is 8.76. The number of carbonyl (C=O) groups is 1. The van der Waals surface area contributed by atoms with Crippen molar-refractivity contribution in [1.82, 2.24) is 19.7 Å². The van der Waals surface area contributed by atoms with Crippen molar-refractivity contribution in [1.29, 1.82) is 0 Å². The quantitative estimate of drug-likeness (QED) is 0.570. The highest BCUT2D eigenvalue weighted by molar-refractivity contribution is 7.89. The number of aromatic nitrogens is 1. The van der Waals surface area contributed by atoms with Crippen LogP contribution in [0.1, 0.15) is 49.7 Å². The highest BCUT2D eigenvalue weighted by Gasteiger charge is 2.36. The molecule has 0 saturated carbocycles. The predicted molar refractivity (Wildman–Crippen MR) is 128 cm³/mol. The number of rotatable bonds is 9. The zero-order valence-corrected chi connectivity index (χ0v) is 21.2. The van der Waals surface area contributed by atoms with Crippen molar-refractivity contribution in [3.05, 3.63) is 46.3 Å². The number of sulfonamides is 1. The molecule has 8 nitrogen and oxygen atoms in total. The second kappa shape index (κ2) is 11.0. The van der Waals surface area contributed by atoms with Crippen LogP contribution in [0.4, 0.5) is 0 Å². The second-order valence-corrected chi connectivity index (χ2v) is 10.6. The normalized spacial score (nSPS) is 18.4. The average molecular weight is 497 g/mol. The van der Waals surface area contributed by atoms with Gasteiger partial charge in [-0.05, 0) is 51.4 Å². The van der Waals surface area contributed by atoms with E-state index in [2.05, 4.69) is 29.2 Å². The van der Waals surface area contributed by atoms with Crippen LogP contribution in [0.15, 0.2) is 33.7 Å². The maximum atomic E-state index is 13.2. The molecular formula is C23H33ClN4O4S. The molecule has 2 unspecified atom stereocenters. The summed E-state index contributed by atoms with van der Waals surface area (Å²) in [5.41, 5.74) is 1.30. The Bertz CT molecular complexity index is 1050. The molecule has 1 aromatic heterocycles. The zero-order chi connectivity index (χ0) is 24.2. The monoisotopic (exact) mass is 496 g/mol. The molecule has 1 aromatic carbocycles. The van der Waals surface area contributed by atoms with Gasteiger partial charge in [-0.1, -0.05) is 48.8 Å². The van der Waals surface area contributed by atoms with Gasteiger partial charge in [0, 0.05) is 24.7 Å². The number of aryl methyl sites for hydroxylation is 2. The molecule has 2 atom stereocenters. The lowest BCUT2D eigenvalue weighted by atomic mass is 9.98. The highest BCUT2D eigenvalue weighted by atomic mass is 35.5. The Kier molecular flexibility index (Phi) is 8.55. The first kappa shape index (κ1) is 25.7. The first-order valence-corrected chi connectivity index (χ1v) is 13.2. The summed E-state index contributed by atoms with van der Waals surface area (Å²) < 4.78 is 32.8. The van der Waals surface area contributed by atoms with Crippen LogP contribution in [-0.2, 0) is 14.8 Å². The summed E-state index contributed by atoms with van der Waals surface area (Å²) in [6.07, 6.45) is 1.26. The number of nitrogens with zero attached hydrogens (tertiary/aromatic N) is 3. The van der Waals surface area contributed by atoms with Gasteiger partial charge in [-0.2, -0.15) is 4.31 Å². The van der Waals surface area contributed by atoms with E-state index in [9.17, 15) is 13.2 Å². The number of amides is 1. The molecule has 10 heteroatoms. The van der Waals surface area contributed by atoms with Gasteiger partial charge in [0.2, 0.25) is 15.9 Å². The SMILES string of the molecule is CCN(CC)C(CNC(=O)C1CCCN(S(=O)(=O)c2c(C)noc2C)C1)c1ccccc1Cl. The van der Waals surface area contributed by atoms with Gasteiger partial charge in [0.1, 0.15) is 10.6 Å². The molecule has 0 radical (unpaired) electrons. The maximum Gasteiger partial charge on any atom is 0.248 e. The minimum absolute atomic E-state index is 0.0663. The number of benzene rings is 1. The summed E-state index contributed by atoms with van der Waals surface area (Å²) in [5, 5.41) is 7.50. The molecule has 1 aliphatic heterocycles. The summed E-state index contributed by atoms with van der Waals surface area (Å²) in [4.78, 5) is 15.4. The average Bonchev–Trinajstić information content (AvgIpc) is 3.15. The number of halogens is 1. The van der Waals surface area contributed by atoms with Crippen LogP contribution in [0.5, 0.6) is 0 Å². The third-order valence-electron chi connectivity index (χ3n) is 6.31. The van der Waals surface area contributed by atoms with E-state index in [1.165, 1.54) is 4.31 Å². The standard InChI is InChI=1S/C23H33ClN4O4S/c1-5-27(6-2)21(19-11-7-8-12-20(19)24)14-25-23(29)18-10-9-13-28(15-18)33(30,31)22-16(3)26-32-17(22)4/h7-8,11-12,18,21H,5-6,9-10,13-15H2,1-4H3,(H,25,29). The summed E-state index contributed by atoms with van der Waals surface area (Å²) in [7, 11) is -3.78. The number of hydrogen-bond acceptors (Lipinski definition) is 6. The number of piperidine rings is 1. The number of carbonyl (C=O) groups excluding carboxylic acids is 1. The van der Waals surface area contributed by atoms with Gasteiger partial charge < -0.3 is 9.84 Å². The van der Waals surface area contributed by atoms with Crippen molar-refractivity contribution in [2.24, 2.45) is 5.92 Å². The molecule has 1 aliphatic rings. The summed E-state index contributed by atoms with van der Waals surface area (Å²) >= 11 is 6.46. The topological polar surface area (TPSA) is 95.8 Å². The molecule has 1 fully saturated rings. The molecule has 1 N–H and O–H groups in total. The van der Waals surface area contributed by atoms with Gasteiger partial charge in [0.15, 0.2) is 5.76 Å². The van der Waals surface area contributed by atoms with Gasteiger partial charge >= 0.3 is 0 Å². The zero-order valence-electron chi connectivity index (χ0n) is 19.7. The van der Waals surface area contributed by atoms with Crippen molar-refractivity contribution < 1.29 is 17.7 Å². The molecule has 1 saturated heterocycles. The summed E-state index contributed by atoms with van der Waals surface area (Å²) in [6, 6.07) is 7.60. The van der Waals surface area contributed by atoms with Crippen molar-refractivity contribution in [2.45, 2.75) is 51.5 Å². The van der Waals surface area contributed by atoms with E-state index in [1.807, 2.05) is 24.3 Å². The van der Waals surface area contributed by atoms with E-state index in [0.717, 1.165) is 18.7 Å². The van der Waals surface area contributed by atoms with Gasteiger partial charge in [0.05, 0.1) is 12.0 Å². The van der Waals surface area contributed by atoms with Crippen LogP contribution in [0.3, 0.4) is 0 Å². The summed E-state index contributed by atoms with van der Waals surface area (Å²) in [6.45, 7) is 9.89. The van der Waals surface area contributed by atoms with Crippen LogP contribution in [-0.4, -0.2) is 61.4 Å². The van der Waals surface area contributed by atoms with E-state index >= 15 is 0 Å². The van der Waals surface area contributed by atoms with E-state index < -0.39 is 15.9 Å². The van der Waals surface area contributed by atoms with E-state index in [-0.39, 0.29) is 29.1 Å². The Morgan fingerprint density at radius 2 is 2.00 bits per heavy atom. The van der Waals surface area contributed by atoms with Gasteiger partial charge in [0.25, 0.3) is 0 Å². The lowest BCUT2D eigenvalue weighted by Gasteiger charge is -2.33. The van der Waals surface area contributed by atoms with Crippen LogP contribution in [0, 0.1) is 19.8 Å². The third kappa shape index (κ3) is 5.59. The Balaban J connectivity index is 1.72. The first-order chi connectivity index (χ1) is 15.7. The van der Waals surface area contributed by atoms with Crippen molar-refractivity contribution in [3.63, 3.8) is 0 Å². The van der Waals surface area contributed by atoms with Gasteiger partial charge in [-0.15, -0.1) is 0 Å². The molecular weight excluding hydrogens is 464 g/mol. The highest BCUT2D eigenvalue weighted by Crippen LogP contribution is 2.29. The number of likely N-dealkylation sites (N-methyl/N-ethyl adjacent to an activating group) is 1. The van der Waals surface area contributed by atoms with Crippen LogP contribution in [0.25, 0.3) is 0 Å². The summed E-state index contributed by atoms with van der Waals surface area (Å²) in [5.74, 6) is -0.295. The Hall–Kier alpha value is -1.94. The molecule has 0 bridgehead atoms. The van der Waals surface area contributed by atoms with Crippen LogP contribution < -0.4 is 5.32 Å². The fraction of sp³-hybridized carbons (Fsp3) is 0.565. The van der Waals surface area contributed by atoms with E-state index in [4.69, 9.17) is 16.1 Å². The number of nitrogens with one attached hydrogen (secondary N) is 1. The molecule has 3 rings (SSSR count). The fourth-order valence-corrected chi connectivity index (χ4v) is 6.61. The lowest BCUT2D eigenvalue weighted by Crippen LogP contribution is -2.47. The largest absolute Gasteiger partial charge is 0.360 e. The molecule has 1 amide bonds. The fourth-order valence-electron chi connectivity index (χ4n) is 4.53.